The Balaban J connectivity index is 0.000000268. The van der Waals surface area contributed by atoms with E-state index in [4.69, 9.17) is 33.5 Å². The Kier molecular flexibility index (Phi) is 20.3. The number of carbonyl (C=O) groups excluding carboxylic acids is 1. The molecule has 72 heavy (non-hydrogen) atoms. The first-order valence-electron chi connectivity index (χ1n) is 22.8. The van der Waals surface area contributed by atoms with Crippen LogP contribution in [0.15, 0.2) is 132 Å². The van der Waals surface area contributed by atoms with E-state index >= 15 is 0 Å². The van der Waals surface area contributed by atoms with Crippen LogP contribution < -0.4 is 18.9 Å². The van der Waals surface area contributed by atoms with Crippen LogP contribution >= 0.6 is 0 Å². The lowest BCUT2D eigenvalue weighted by Gasteiger charge is -2.25. The number of aromatic nitrogens is 4. The van der Waals surface area contributed by atoms with E-state index in [0.29, 0.717) is 23.0 Å². The van der Waals surface area contributed by atoms with Gasteiger partial charge in [0.2, 0.25) is 0 Å². The maximum absolute atomic E-state index is 13.8. The van der Waals surface area contributed by atoms with Gasteiger partial charge in [-0.3, -0.25) is 9.36 Å². The van der Waals surface area contributed by atoms with Gasteiger partial charge in [0.25, 0.3) is 20.0 Å². The summed E-state index contributed by atoms with van der Waals surface area (Å²) in [5.41, 5.74) is 1.93. The lowest BCUT2D eigenvalue weighted by atomic mass is 10.1. The Labute approximate surface area is 422 Å². The van der Waals surface area contributed by atoms with Gasteiger partial charge >= 0.3 is 5.97 Å². The largest absolute Gasteiger partial charge is 0.497 e. The van der Waals surface area contributed by atoms with Crippen molar-refractivity contribution >= 4 is 26.0 Å². The van der Waals surface area contributed by atoms with Crippen LogP contribution in [-0.2, 0) is 76.3 Å². The summed E-state index contributed by atoms with van der Waals surface area (Å²) in [5, 5.41) is 17.6. The molecule has 390 valence electrons. The first-order chi connectivity index (χ1) is 34.3. The highest BCUT2D eigenvalue weighted by molar-refractivity contribution is 7.89. The van der Waals surface area contributed by atoms with E-state index in [2.05, 4.69) is 14.9 Å². The fourth-order valence-corrected chi connectivity index (χ4v) is 9.63. The summed E-state index contributed by atoms with van der Waals surface area (Å²) >= 11 is 0. The van der Waals surface area contributed by atoms with E-state index < -0.39 is 37.1 Å². The summed E-state index contributed by atoms with van der Waals surface area (Å²) in [6.07, 6.45) is 3.22. The van der Waals surface area contributed by atoms with Crippen LogP contribution in [0.2, 0.25) is 0 Å². The van der Waals surface area contributed by atoms with Crippen molar-refractivity contribution in [2.24, 2.45) is 0 Å². The number of esters is 1. The standard InChI is InChI=1S/C26H33N3O7S.C25H33N3O6S/c1-26(2,19-36-18-25(30)35-5)29-15-14-24(27-29)37(31,32)28(16-20-6-10-22(33-3)11-7-20)17-21-8-12-23(34-4)13-9-21;1-25(2,19-34-16-15-29)28-14-13-24(26-28)35(30,31)27(17-20-5-9-22(32-3)10-6-20)18-21-7-11-23(33-4)12-8-21/h6-15H,16-19H2,1-5H3;5-14,29H,15-19H2,1-4H3. The molecular formula is C51H66N6O13S2. The summed E-state index contributed by atoms with van der Waals surface area (Å²) in [5.74, 6) is 2.27. The number of hydrogen-bond acceptors (Lipinski definition) is 15. The smallest absolute Gasteiger partial charge is 0.331 e. The summed E-state index contributed by atoms with van der Waals surface area (Å²) in [6.45, 7) is 8.36. The van der Waals surface area contributed by atoms with Gasteiger partial charge in [0.05, 0.1) is 73.1 Å². The zero-order valence-corrected chi connectivity index (χ0v) is 43.9. The topological polar surface area (TPSA) is 212 Å². The number of ether oxygens (including phenoxy) is 7. The molecular weight excluding hydrogens is 969 g/mol. The number of methoxy groups -OCH3 is 5. The number of sulfonamides is 2. The predicted molar refractivity (Wildman–Crippen MR) is 269 cm³/mol. The lowest BCUT2D eigenvalue weighted by molar-refractivity contribution is -0.146. The highest BCUT2D eigenvalue weighted by atomic mass is 32.2. The van der Waals surface area contributed by atoms with Gasteiger partial charge in [-0.05, 0) is 111 Å². The monoisotopic (exact) mass is 1030 g/mol. The molecule has 0 atom stereocenters. The Bertz CT molecular complexity index is 2740. The molecule has 0 aliphatic rings. The number of rotatable bonds is 26. The molecule has 0 unspecified atom stereocenters. The van der Waals surface area contributed by atoms with Crippen molar-refractivity contribution < 1.29 is 59.9 Å². The average Bonchev–Trinajstić information content (AvgIpc) is 4.11. The molecule has 0 aliphatic carbocycles. The molecule has 0 saturated carbocycles. The first kappa shape index (κ1) is 56.6. The number of aliphatic hydroxyl groups is 1. The predicted octanol–water partition coefficient (Wildman–Crippen LogP) is 6.25. The molecule has 2 heterocycles. The first-order valence-corrected chi connectivity index (χ1v) is 25.6. The number of benzene rings is 4. The van der Waals surface area contributed by atoms with Crippen LogP contribution in [0.3, 0.4) is 0 Å². The third kappa shape index (κ3) is 15.6. The highest BCUT2D eigenvalue weighted by Crippen LogP contribution is 2.27. The zero-order valence-electron chi connectivity index (χ0n) is 42.3. The van der Waals surface area contributed by atoms with Crippen molar-refractivity contribution in [2.75, 3.05) is 68.6 Å². The van der Waals surface area contributed by atoms with Crippen LogP contribution in [0.4, 0.5) is 0 Å². The molecule has 0 fully saturated rings. The Morgan fingerprint density at radius 3 is 1.10 bits per heavy atom. The fourth-order valence-electron chi connectivity index (χ4n) is 6.98. The minimum absolute atomic E-state index is 0.0465. The van der Waals surface area contributed by atoms with Gasteiger partial charge < -0.3 is 38.3 Å². The maximum Gasteiger partial charge on any atom is 0.331 e. The molecule has 0 spiro atoms. The van der Waals surface area contributed by atoms with Crippen molar-refractivity contribution in [2.45, 2.75) is 75.0 Å². The van der Waals surface area contributed by atoms with E-state index in [1.54, 1.807) is 94.0 Å². The van der Waals surface area contributed by atoms with Crippen LogP contribution in [0.1, 0.15) is 49.9 Å². The van der Waals surface area contributed by atoms with Gasteiger partial charge in [-0.2, -0.15) is 18.8 Å². The van der Waals surface area contributed by atoms with Crippen LogP contribution in [0.5, 0.6) is 23.0 Å². The molecule has 0 aliphatic heterocycles. The van der Waals surface area contributed by atoms with Crippen LogP contribution in [0.25, 0.3) is 0 Å². The van der Waals surface area contributed by atoms with E-state index in [1.165, 1.54) is 32.5 Å². The highest BCUT2D eigenvalue weighted by Gasteiger charge is 2.32. The third-order valence-corrected chi connectivity index (χ3v) is 14.6. The molecule has 6 rings (SSSR count). The SMILES string of the molecule is COC(=O)COCC(C)(C)n1ccc(S(=O)(=O)N(Cc2ccc(OC)cc2)Cc2ccc(OC)cc2)n1.COc1ccc(CN(Cc2ccc(OC)cc2)S(=O)(=O)c2ccn(C(C)(C)COCCO)n2)cc1. The molecule has 0 amide bonds. The summed E-state index contributed by atoms with van der Waals surface area (Å²) in [4.78, 5) is 11.3. The molecule has 19 nitrogen and oxygen atoms in total. The molecule has 0 bridgehead atoms. The van der Waals surface area contributed by atoms with Gasteiger partial charge in [-0.1, -0.05) is 48.5 Å². The van der Waals surface area contributed by atoms with Gasteiger partial charge in [0, 0.05) is 38.6 Å². The van der Waals surface area contributed by atoms with Crippen LogP contribution in [0, 0.1) is 0 Å². The normalized spacial score (nSPS) is 12.1. The van der Waals surface area contributed by atoms with Crippen molar-refractivity contribution in [1.82, 2.24) is 28.2 Å². The molecule has 1 N–H and O–H groups in total. The number of aliphatic hydroxyl groups excluding tert-OH is 1. The second-order valence-corrected chi connectivity index (χ2v) is 21.4. The van der Waals surface area contributed by atoms with Crippen LogP contribution in [-0.4, -0.2) is 125 Å². The number of hydrogen-bond donors (Lipinski definition) is 1. The second-order valence-electron chi connectivity index (χ2n) is 17.6. The minimum Gasteiger partial charge on any atom is -0.497 e. The van der Waals surface area contributed by atoms with Gasteiger partial charge in [-0.15, -0.1) is 0 Å². The molecule has 2 aromatic heterocycles. The fraction of sp³-hybridized carbons (Fsp3) is 0.392. The van der Waals surface area contributed by atoms with Crippen molar-refractivity contribution in [3.8, 4) is 23.0 Å². The van der Waals surface area contributed by atoms with Gasteiger partial charge in [0.1, 0.15) is 29.6 Å². The second kappa shape index (κ2) is 25.9. The Hall–Kier alpha value is -6.33. The van der Waals surface area contributed by atoms with Gasteiger partial charge in [0.15, 0.2) is 10.1 Å². The maximum atomic E-state index is 13.8. The average molecular weight is 1040 g/mol. The van der Waals surface area contributed by atoms with Crippen molar-refractivity contribution in [3.63, 3.8) is 0 Å². The van der Waals surface area contributed by atoms with Crippen molar-refractivity contribution in [3.05, 3.63) is 144 Å². The van der Waals surface area contributed by atoms with Crippen molar-refractivity contribution in [1.29, 1.82) is 0 Å². The van der Waals surface area contributed by atoms with E-state index in [9.17, 15) is 21.6 Å². The Morgan fingerprint density at radius 2 is 0.819 bits per heavy atom. The summed E-state index contributed by atoms with van der Waals surface area (Å²) in [7, 11) is -0.310. The molecule has 0 radical (unpaired) electrons. The van der Waals surface area contributed by atoms with E-state index in [0.717, 1.165) is 22.3 Å². The zero-order chi connectivity index (χ0) is 52.5. The summed E-state index contributed by atoms with van der Waals surface area (Å²) in [6, 6.07) is 32.0. The lowest BCUT2D eigenvalue weighted by Crippen LogP contribution is -2.34. The van der Waals surface area contributed by atoms with E-state index in [1.807, 2.05) is 76.2 Å². The summed E-state index contributed by atoms with van der Waals surface area (Å²) < 4.78 is 97.2. The molecule has 4 aromatic carbocycles. The van der Waals surface area contributed by atoms with Gasteiger partial charge in [-0.25, -0.2) is 21.6 Å². The minimum atomic E-state index is -3.98. The van der Waals surface area contributed by atoms with E-state index in [-0.39, 0.29) is 69.3 Å². The quantitative estimate of drug-likeness (QED) is 0.0470. The molecule has 6 aromatic rings. The molecule has 0 saturated heterocycles. The third-order valence-electron chi connectivity index (χ3n) is 11.2. The number of nitrogens with zero attached hydrogens (tertiary/aromatic N) is 6. The molecule has 21 heteroatoms. The number of carbonyl (C=O) groups is 1. The Morgan fingerprint density at radius 1 is 0.514 bits per heavy atom.